The first-order valence-corrected chi connectivity index (χ1v) is 12.3. The fraction of sp³-hybridized carbons (Fsp3) is 0.138. The van der Waals surface area contributed by atoms with Crippen molar-refractivity contribution in [3.8, 4) is 28.4 Å². The smallest absolute Gasteiger partial charge is 0.228 e. The Morgan fingerprint density at radius 3 is 2.40 bits per heavy atom. The van der Waals surface area contributed by atoms with E-state index in [2.05, 4.69) is 12.2 Å². The standard InChI is InChI=1S/C29H26FNO3S/c1-3-35-24-14-11-20(12-15-24)17-29(32)31-22-13-16-26(25-9-4-5-10-27(25)33-2)28(19-22)34-23-8-6-7-21(30)18-23/h4-16,18-19H,3,17H2,1-2H3,(H,31,32). The number of carbonyl (C=O) groups excluding carboxylic acids is 1. The van der Waals surface area contributed by atoms with E-state index in [1.54, 1.807) is 37.1 Å². The van der Waals surface area contributed by atoms with Crippen LogP contribution in [0.3, 0.4) is 0 Å². The van der Waals surface area contributed by atoms with Gasteiger partial charge in [0.2, 0.25) is 5.91 Å². The van der Waals surface area contributed by atoms with Crippen molar-refractivity contribution >= 4 is 23.4 Å². The second-order valence-electron chi connectivity index (χ2n) is 7.77. The number of para-hydroxylation sites is 1. The molecule has 0 spiro atoms. The first-order valence-electron chi connectivity index (χ1n) is 11.3. The third-order valence-corrected chi connectivity index (χ3v) is 6.18. The Hall–Kier alpha value is -3.77. The number of methoxy groups -OCH3 is 1. The van der Waals surface area contributed by atoms with Gasteiger partial charge in [-0.2, -0.15) is 0 Å². The molecular formula is C29H26FNO3S. The number of rotatable bonds is 9. The van der Waals surface area contributed by atoms with Crippen LogP contribution in [0.5, 0.6) is 17.2 Å². The lowest BCUT2D eigenvalue weighted by Gasteiger charge is -2.16. The van der Waals surface area contributed by atoms with E-state index < -0.39 is 5.82 Å². The fourth-order valence-electron chi connectivity index (χ4n) is 3.69. The summed E-state index contributed by atoms with van der Waals surface area (Å²) in [5, 5.41) is 2.95. The molecule has 4 rings (SSSR count). The van der Waals surface area contributed by atoms with Crippen molar-refractivity contribution in [1.29, 1.82) is 0 Å². The molecule has 35 heavy (non-hydrogen) atoms. The number of halogens is 1. The zero-order valence-corrected chi connectivity index (χ0v) is 20.4. The van der Waals surface area contributed by atoms with Crippen LogP contribution in [0.4, 0.5) is 10.1 Å². The molecule has 0 aliphatic carbocycles. The minimum atomic E-state index is -0.394. The highest BCUT2D eigenvalue weighted by Crippen LogP contribution is 2.40. The number of thioether (sulfide) groups is 1. The van der Waals surface area contributed by atoms with Gasteiger partial charge in [-0.1, -0.05) is 43.3 Å². The average Bonchev–Trinajstić information content (AvgIpc) is 2.86. The molecule has 0 radical (unpaired) electrons. The predicted molar refractivity (Wildman–Crippen MR) is 140 cm³/mol. The van der Waals surface area contributed by atoms with Gasteiger partial charge in [0.05, 0.1) is 13.5 Å². The van der Waals surface area contributed by atoms with Gasteiger partial charge >= 0.3 is 0 Å². The summed E-state index contributed by atoms with van der Waals surface area (Å²) in [5.41, 5.74) is 3.10. The molecular weight excluding hydrogens is 461 g/mol. The minimum absolute atomic E-state index is 0.136. The molecule has 0 fully saturated rings. The van der Waals surface area contributed by atoms with E-state index in [9.17, 15) is 9.18 Å². The van der Waals surface area contributed by atoms with Gasteiger partial charge in [0, 0.05) is 33.8 Å². The van der Waals surface area contributed by atoms with Crippen molar-refractivity contribution in [2.24, 2.45) is 0 Å². The zero-order valence-electron chi connectivity index (χ0n) is 19.6. The van der Waals surface area contributed by atoms with E-state index in [0.29, 0.717) is 22.9 Å². The molecule has 0 heterocycles. The topological polar surface area (TPSA) is 47.6 Å². The summed E-state index contributed by atoms with van der Waals surface area (Å²) < 4.78 is 25.4. The van der Waals surface area contributed by atoms with Crippen LogP contribution < -0.4 is 14.8 Å². The van der Waals surface area contributed by atoms with Gasteiger partial charge < -0.3 is 14.8 Å². The maximum absolute atomic E-state index is 13.8. The van der Waals surface area contributed by atoms with Crippen LogP contribution in [-0.2, 0) is 11.2 Å². The second-order valence-corrected chi connectivity index (χ2v) is 9.11. The number of amides is 1. The van der Waals surface area contributed by atoms with Gasteiger partial charge in [-0.25, -0.2) is 4.39 Å². The molecule has 0 atom stereocenters. The molecule has 0 bridgehead atoms. The molecule has 6 heteroatoms. The van der Waals surface area contributed by atoms with Gasteiger partial charge in [-0.3, -0.25) is 4.79 Å². The molecule has 1 amide bonds. The Morgan fingerprint density at radius 2 is 1.66 bits per heavy atom. The number of nitrogens with one attached hydrogen (secondary N) is 1. The van der Waals surface area contributed by atoms with Gasteiger partial charge in [0.1, 0.15) is 23.1 Å². The fourth-order valence-corrected chi connectivity index (χ4v) is 4.35. The summed E-state index contributed by atoms with van der Waals surface area (Å²) >= 11 is 1.76. The van der Waals surface area contributed by atoms with Crippen molar-refractivity contribution in [3.05, 3.63) is 102 Å². The first kappa shape index (κ1) is 24.4. The molecule has 0 unspecified atom stereocenters. The molecule has 178 valence electrons. The highest BCUT2D eigenvalue weighted by atomic mass is 32.2. The molecule has 0 aliphatic heterocycles. The SMILES string of the molecule is CCSc1ccc(CC(=O)Nc2ccc(-c3ccccc3OC)c(Oc3cccc(F)c3)c2)cc1. The lowest BCUT2D eigenvalue weighted by Crippen LogP contribution is -2.14. The molecule has 1 N–H and O–H groups in total. The van der Waals surface area contributed by atoms with Crippen molar-refractivity contribution in [3.63, 3.8) is 0 Å². The maximum Gasteiger partial charge on any atom is 0.228 e. The number of hydrogen-bond donors (Lipinski definition) is 1. The Balaban J connectivity index is 1.60. The van der Waals surface area contributed by atoms with Crippen molar-refractivity contribution in [2.45, 2.75) is 18.2 Å². The molecule has 4 aromatic carbocycles. The zero-order chi connectivity index (χ0) is 24.6. The molecule has 0 aromatic heterocycles. The van der Waals surface area contributed by atoms with Gasteiger partial charge in [0.15, 0.2) is 0 Å². The van der Waals surface area contributed by atoms with E-state index in [4.69, 9.17) is 9.47 Å². The quantitative estimate of drug-likeness (QED) is 0.247. The third-order valence-electron chi connectivity index (χ3n) is 5.29. The second kappa shape index (κ2) is 11.6. The number of hydrogen-bond acceptors (Lipinski definition) is 4. The van der Waals surface area contributed by atoms with Crippen LogP contribution in [0.25, 0.3) is 11.1 Å². The van der Waals surface area contributed by atoms with Crippen LogP contribution in [0.1, 0.15) is 12.5 Å². The van der Waals surface area contributed by atoms with Crippen molar-refractivity contribution in [1.82, 2.24) is 0 Å². The number of carbonyl (C=O) groups is 1. The largest absolute Gasteiger partial charge is 0.496 e. The number of benzene rings is 4. The van der Waals surface area contributed by atoms with Gasteiger partial charge in [-0.05, 0) is 53.8 Å². The first-order chi connectivity index (χ1) is 17.1. The highest BCUT2D eigenvalue weighted by Gasteiger charge is 2.14. The van der Waals surface area contributed by atoms with Crippen LogP contribution in [0.15, 0.2) is 95.9 Å². The van der Waals surface area contributed by atoms with E-state index in [0.717, 1.165) is 22.4 Å². The monoisotopic (exact) mass is 487 g/mol. The molecule has 0 saturated carbocycles. The van der Waals surface area contributed by atoms with Crippen LogP contribution >= 0.6 is 11.8 Å². The normalized spacial score (nSPS) is 10.6. The number of anilines is 1. The maximum atomic E-state index is 13.8. The van der Waals surface area contributed by atoms with E-state index in [-0.39, 0.29) is 12.3 Å². The average molecular weight is 488 g/mol. The predicted octanol–water partition coefficient (Wildman–Crippen LogP) is 7.59. The van der Waals surface area contributed by atoms with E-state index in [1.807, 2.05) is 60.7 Å². The van der Waals surface area contributed by atoms with Crippen molar-refractivity contribution < 1.29 is 18.7 Å². The minimum Gasteiger partial charge on any atom is -0.496 e. The Morgan fingerprint density at radius 1 is 0.886 bits per heavy atom. The molecule has 0 saturated heterocycles. The van der Waals surface area contributed by atoms with E-state index in [1.165, 1.54) is 17.0 Å². The third kappa shape index (κ3) is 6.43. The summed E-state index contributed by atoms with van der Waals surface area (Å²) in [5.74, 6) is 1.98. The Kier molecular flexibility index (Phi) is 8.06. The lowest BCUT2D eigenvalue weighted by atomic mass is 10.0. The summed E-state index contributed by atoms with van der Waals surface area (Å²) in [6, 6.07) is 27.0. The summed E-state index contributed by atoms with van der Waals surface area (Å²) in [7, 11) is 1.61. The highest BCUT2D eigenvalue weighted by molar-refractivity contribution is 7.99. The van der Waals surface area contributed by atoms with E-state index >= 15 is 0 Å². The van der Waals surface area contributed by atoms with Gasteiger partial charge in [-0.15, -0.1) is 11.8 Å². The number of ether oxygens (including phenoxy) is 2. The van der Waals surface area contributed by atoms with Crippen LogP contribution in [0, 0.1) is 5.82 Å². The molecule has 0 aliphatic rings. The summed E-state index contributed by atoms with van der Waals surface area (Å²) in [4.78, 5) is 13.9. The molecule has 4 aromatic rings. The van der Waals surface area contributed by atoms with Crippen molar-refractivity contribution in [2.75, 3.05) is 18.2 Å². The Bertz CT molecular complexity index is 1310. The van der Waals surface area contributed by atoms with Crippen LogP contribution in [0.2, 0.25) is 0 Å². The van der Waals surface area contributed by atoms with Crippen LogP contribution in [-0.4, -0.2) is 18.8 Å². The Labute approximate surface area is 209 Å². The van der Waals surface area contributed by atoms with Gasteiger partial charge in [0.25, 0.3) is 0 Å². The summed E-state index contributed by atoms with van der Waals surface area (Å²) in [6.07, 6.45) is 0.255. The lowest BCUT2D eigenvalue weighted by molar-refractivity contribution is -0.115. The summed E-state index contributed by atoms with van der Waals surface area (Å²) in [6.45, 7) is 2.11. The molecule has 4 nitrogen and oxygen atoms in total.